The molecule has 1 heterocycles. The number of aliphatic hydroxyl groups excluding tert-OH is 1. The summed E-state index contributed by atoms with van der Waals surface area (Å²) in [7, 11) is 1.91. The number of benzene rings is 1. The van der Waals surface area contributed by atoms with Crippen LogP contribution in [0.4, 0.5) is 0 Å². The summed E-state index contributed by atoms with van der Waals surface area (Å²) in [5, 5.41) is 12.2. The van der Waals surface area contributed by atoms with E-state index in [0.717, 1.165) is 17.9 Å². The van der Waals surface area contributed by atoms with E-state index >= 15 is 0 Å². The Kier molecular flexibility index (Phi) is 4.87. The Morgan fingerprint density at radius 2 is 1.90 bits per heavy atom. The van der Waals surface area contributed by atoms with Crippen LogP contribution in [0.3, 0.4) is 0 Å². The lowest BCUT2D eigenvalue weighted by molar-refractivity contribution is -0.154. The van der Waals surface area contributed by atoms with Gasteiger partial charge in [-0.25, -0.2) is 0 Å². The van der Waals surface area contributed by atoms with Crippen molar-refractivity contribution in [1.82, 2.24) is 4.90 Å². The minimum absolute atomic E-state index is 0.0256. The van der Waals surface area contributed by atoms with Crippen molar-refractivity contribution in [3.63, 3.8) is 0 Å². The van der Waals surface area contributed by atoms with Gasteiger partial charge in [-0.05, 0) is 91.4 Å². The molecule has 162 valence electrons. The normalized spacial score (nSPS) is 45.1. The Balaban J connectivity index is 1.41. The second kappa shape index (κ2) is 7.10. The van der Waals surface area contributed by atoms with Crippen LogP contribution in [0.15, 0.2) is 36.4 Å². The zero-order chi connectivity index (χ0) is 21.3. The van der Waals surface area contributed by atoms with Crippen molar-refractivity contribution in [1.29, 1.82) is 0 Å². The first-order chi connectivity index (χ1) is 14.2. The Morgan fingerprint density at radius 3 is 2.63 bits per heavy atom. The molecule has 1 aromatic carbocycles. The first kappa shape index (κ1) is 20.6. The molecule has 0 aromatic heterocycles. The average Bonchev–Trinajstić information content (AvgIpc) is 3.04. The molecule has 3 fully saturated rings. The van der Waals surface area contributed by atoms with Crippen molar-refractivity contribution >= 4 is 17.5 Å². The van der Waals surface area contributed by atoms with Crippen LogP contribution in [0.5, 0.6) is 0 Å². The van der Waals surface area contributed by atoms with Crippen LogP contribution >= 0.6 is 11.6 Å². The van der Waals surface area contributed by atoms with E-state index in [4.69, 9.17) is 11.6 Å². The van der Waals surface area contributed by atoms with E-state index in [2.05, 4.69) is 32.1 Å². The number of amides is 1. The number of hydrogen-bond donors (Lipinski definition) is 1. The van der Waals surface area contributed by atoms with Crippen molar-refractivity contribution in [3.05, 3.63) is 47.0 Å². The lowest BCUT2D eigenvalue weighted by atomic mass is 9.48. The van der Waals surface area contributed by atoms with Crippen LogP contribution in [0.2, 0.25) is 5.02 Å². The van der Waals surface area contributed by atoms with E-state index in [9.17, 15) is 9.90 Å². The molecule has 1 N–H and O–H groups in total. The fourth-order valence-electron chi connectivity index (χ4n) is 8.00. The molecule has 0 spiro atoms. The molecule has 1 aliphatic heterocycles. The molecule has 0 saturated heterocycles. The maximum absolute atomic E-state index is 12.3. The molecule has 5 rings (SSSR count). The standard InChI is InChI=1S/C26H34ClNO2/c1-25-10-8-19-24(21(29)14-22-26(19,2)11-9-23(30)28(22)3)20(25)13-17(15-25)12-16-4-6-18(27)7-5-16/h4-7,9,11,17,19-22,24,29H,8,10,12-15H2,1-3H3/t17?,19-,20+,21?,22?,24-,25-,26-/m1/s1. The van der Waals surface area contributed by atoms with Crippen molar-refractivity contribution in [3.8, 4) is 0 Å². The van der Waals surface area contributed by atoms with Gasteiger partial charge >= 0.3 is 0 Å². The van der Waals surface area contributed by atoms with Gasteiger partial charge in [-0.2, -0.15) is 0 Å². The molecule has 4 heteroatoms. The number of hydrogen-bond acceptors (Lipinski definition) is 2. The van der Waals surface area contributed by atoms with Gasteiger partial charge in [0.2, 0.25) is 5.91 Å². The monoisotopic (exact) mass is 427 g/mol. The lowest BCUT2D eigenvalue weighted by Gasteiger charge is -2.61. The number of carbonyl (C=O) groups is 1. The summed E-state index contributed by atoms with van der Waals surface area (Å²) in [5.41, 5.74) is 1.67. The van der Waals surface area contributed by atoms with E-state index in [1.165, 1.54) is 24.8 Å². The van der Waals surface area contributed by atoms with Gasteiger partial charge < -0.3 is 10.0 Å². The van der Waals surface area contributed by atoms with E-state index in [1.807, 2.05) is 24.1 Å². The molecule has 3 unspecified atom stereocenters. The predicted molar refractivity (Wildman–Crippen MR) is 120 cm³/mol. The summed E-state index contributed by atoms with van der Waals surface area (Å²) in [6.45, 7) is 4.81. The Morgan fingerprint density at radius 1 is 1.17 bits per heavy atom. The van der Waals surface area contributed by atoms with Gasteiger partial charge in [0, 0.05) is 23.5 Å². The quantitative estimate of drug-likeness (QED) is 0.712. The fourth-order valence-corrected chi connectivity index (χ4v) is 8.12. The minimum Gasteiger partial charge on any atom is -0.393 e. The smallest absolute Gasteiger partial charge is 0.246 e. The van der Waals surface area contributed by atoms with Crippen LogP contribution in [0, 0.1) is 34.5 Å². The molecule has 30 heavy (non-hydrogen) atoms. The summed E-state index contributed by atoms with van der Waals surface area (Å²) in [6, 6.07) is 8.43. The molecule has 0 radical (unpaired) electrons. The molecule has 3 aliphatic carbocycles. The second-order valence-electron chi connectivity index (χ2n) is 11.1. The van der Waals surface area contributed by atoms with Gasteiger partial charge in [-0.1, -0.05) is 43.7 Å². The molecule has 3 saturated carbocycles. The van der Waals surface area contributed by atoms with E-state index in [-0.39, 0.29) is 23.5 Å². The Hall–Kier alpha value is -1.32. The number of likely N-dealkylation sites (N-methyl/N-ethyl adjacent to an activating group) is 1. The Bertz CT molecular complexity index is 866. The van der Waals surface area contributed by atoms with Gasteiger partial charge in [-0.3, -0.25) is 4.79 Å². The summed E-state index contributed by atoms with van der Waals surface area (Å²) < 4.78 is 0. The van der Waals surface area contributed by atoms with Gasteiger partial charge in [0.1, 0.15) is 0 Å². The third-order valence-corrected chi connectivity index (χ3v) is 9.71. The number of aliphatic hydroxyl groups is 1. The van der Waals surface area contributed by atoms with E-state index < -0.39 is 0 Å². The first-order valence-corrected chi connectivity index (χ1v) is 12.0. The number of carbonyl (C=O) groups excluding carboxylic acids is 1. The Labute approximate surface area is 185 Å². The maximum Gasteiger partial charge on any atom is 0.246 e. The SMILES string of the molecule is CN1C(=O)C=C[C@@]2(C)C1CC(O)[C@@H]1[C@H]2CC[C@]2(C)CC(Cc3ccc(Cl)cc3)C[C@@H]12. The average molecular weight is 428 g/mol. The lowest BCUT2D eigenvalue weighted by Crippen LogP contribution is -2.63. The van der Waals surface area contributed by atoms with Gasteiger partial charge in [0.25, 0.3) is 0 Å². The van der Waals surface area contributed by atoms with Crippen molar-refractivity contribution in [2.24, 2.45) is 34.5 Å². The molecule has 1 amide bonds. The van der Waals surface area contributed by atoms with Crippen LogP contribution < -0.4 is 0 Å². The molecule has 0 bridgehead atoms. The zero-order valence-corrected chi connectivity index (χ0v) is 19.1. The largest absolute Gasteiger partial charge is 0.393 e. The summed E-state index contributed by atoms with van der Waals surface area (Å²) in [6.07, 6.45) is 10.3. The van der Waals surface area contributed by atoms with Crippen molar-refractivity contribution < 1.29 is 9.90 Å². The third kappa shape index (κ3) is 3.07. The topological polar surface area (TPSA) is 40.5 Å². The molecule has 1 aromatic rings. The van der Waals surface area contributed by atoms with Gasteiger partial charge in [-0.15, -0.1) is 0 Å². The number of rotatable bonds is 2. The highest BCUT2D eigenvalue weighted by molar-refractivity contribution is 6.30. The number of fused-ring (bicyclic) bond motifs is 5. The van der Waals surface area contributed by atoms with E-state index in [0.29, 0.717) is 35.5 Å². The zero-order valence-electron chi connectivity index (χ0n) is 18.4. The number of nitrogens with zero attached hydrogens (tertiary/aromatic N) is 1. The molecule has 8 atom stereocenters. The fraction of sp³-hybridized carbons (Fsp3) is 0.654. The van der Waals surface area contributed by atoms with Crippen LogP contribution in [-0.4, -0.2) is 35.1 Å². The van der Waals surface area contributed by atoms with Crippen LogP contribution in [0.25, 0.3) is 0 Å². The van der Waals surface area contributed by atoms with Crippen LogP contribution in [0.1, 0.15) is 51.5 Å². The van der Waals surface area contributed by atoms with Crippen LogP contribution in [-0.2, 0) is 11.2 Å². The summed E-state index contributed by atoms with van der Waals surface area (Å²) in [5.74, 6) is 2.10. The molecule has 3 nitrogen and oxygen atoms in total. The second-order valence-corrected chi connectivity index (χ2v) is 11.5. The van der Waals surface area contributed by atoms with E-state index in [1.54, 1.807) is 6.08 Å². The summed E-state index contributed by atoms with van der Waals surface area (Å²) in [4.78, 5) is 14.2. The van der Waals surface area contributed by atoms with Gasteiger partial charge in [0.15, 0.2) is 0 Å². The number of halogens is 1. The predicted octanol–water partition coefficient (Wildman–Crippen LogP) is 5.11. The highest BCUT2D eigenvalue weighted by atomic mass is 35.5. The van der Waals surface area contributed by atoms with Gasteiger partial charge in [0.05, 0.1) is 6.10 Å². The highest BCUT2D eigenvalue weighted by Crippen LogP contribution is 2.65. The first-order valence-electron chi connectivity index (χ1n) is 11.6. The molecular weight excluding hydrogens is 394 g/mol. The summed E-state index contributed by atoms with van der Waals surface area (Å²) >= 11 is 6.07. The van der Waals surface area contributed by atoms with Crippen molar-refractivity contribution in [2.45, 2.75) is 64.5 Å². The highest BCUT2D eigenvalue weighted by Gasteiger charge is 2.61. The third-order valence-electron chi connectivity index (χ3n) is 9.46. The van der Waals surface area contributed by atoms with Crippen molar-refractivity contribution in [2.75, 3.05) is 7.05 Å². The molecular formula is C26H34ClNO2. The maximum atomic E-state index is 12.3. The molecule has 4 aliphatic rings. The minimum atomic E-state index is -0.311.